The van der Waals surface area contributed by atoms with Gasteiger partial charge in [-0.05, 0) is 65.1 Å². The molecule has 0 saturated heterocycles. The van der Waals surface area contributed by atoms with E-state index >= 15 is 0 Å². The number of fused-ring (bicyclic) bond motifs is 1. The van der Waals surface area contributed by atoms with Gasteiger partial charge in [-0.2, -0.15) is 0 Å². The van der Waals surface area contributed by atoms with E-state index in [-0.39, 0.29) is 0 Å². The van der Waals surface area contributed by atoms with E-state index in [0.29, 0.717) is 5.41 Å². The molecule has 0 spiro atoms. The van der Waals surface area contributed by atoms with Gasteiger partial charge in [0.05, 0.1) is 16.4 Å². The monoisotopic (exact) mass is 481 g/mol. The van der Waals surface area contributed by atoms with Crippen molar-refractivity contribution < 1.29 is 4.74 Å². The van der Waals surface area contributed by atoms with Crippen molar-refractivity contribution in [3.63, 3.8) is 0 Å². The molecule has 0 amide bonds. The van der Waals surface area contributed by atoms with E-state index in [4.69, 9.17) is 4.74 Å². The molecular formula is C22H28INOS. The van der Waals surface area contributed by atoms with E-state index < -0.39 is 0 Å². The number of hydrogen-bond acceptors (Lipinski definition) is 3. The molecule has 0 aliphatic carbocycles. The van der Waals surface area contributed by atoms with Crippen LogP contribution in [0.5, 0.6) is 5.75 Å². The van der Waals surface area contributed by atoms with Gasteiger partial charge in [0.2, 0.25) is 0 Å². The number of unbranched alkanes of at least 4 members (excludes halogenated alkanes) is 1. The SMILES string of the molecule is CCCCC1(CC)CSc2cc(OC)c(I)cc2N(c2ccccc2)C1. The Bertz CT molecular complexity index is 736. The molecule has 0 radical (unpaired) electrons. The highest BCUT2D eigenvalue weighted by Crippen LogP contribution is 2.48. The molecule has 3 rings (SSSR count). The molecule has 26 heavy (non-hydrogen) atoms. The van der Waals surface area contributed by atoms with Crippen LogP contribution in [-0.4, -0.2) is 19.4 Å². The lowest BCUT2D eigenvalue weighted by Gasteiger charge is -2.36. The van der Waals surface area contributed by atoms with Crippen molar-refractivity contribution in [2.24, 2.45) is 5.41 Å². The van der Waals surface area contributed by atoms with Gasteiger partial charge >= 0.3 is 0 Å². The molecule has 1 atom stereocenters. The lowest BCUT2D eigenvalue weighted by Crippen LogP contribution is -2.36. The van der Waals surface area contributed by atoms with Gasteiger partial charge in [0.25, 0.3) is 0 Å². The van der Waals surface area contributed by atoms with Gasteiger partial charge in [0.1, 0.15) is 5.75 Å². The van der Waals surface area contributed by atoms with Crippen molar-refractivity contribution in [2.45, 2.75) is 44.4 Å². The average Bonchev–Trinajstić information content (AvgIpc) is 2.84. The van der Waals surface area contributed by atoms with Crippen LogP contribution in [0.25, 0.3) is 0 Å². The van der Waals surface area contributed by atoms with Crippen molar-refractivity contribution in [1.82, 2.24) is 0 Å². The van der Waals surface area contributed by atoms with Crippen LogP contribution in [0, 0.1) is 8.99 Å². The predicted molar refractivity (Wildman–Crippen MR) is 122 cm³/mol. The molecular weight excluding hydrogens is 453 g/mol. The first-order chi connectivity index (χ1) is 12.6. The molecule has 0 fully saturated rings. The highest BCUT2D eigenvalue weighted by Gasteiger charge is 2.35. The Morgan fingerprint density at radius 1 is 1.19 bits per heavy atom. The summed E-state index contributed by atoms with van der Waals surface area (Å²) < 4.78 is 6.77. The molecule has 2 aromatic rings. The zero-order chi connectivity index (χ0) is 18.6. The minimum Gasteiger partial charge on any atom is -0.496 e. The first-order valence-electron chi connectivity index (χ1n) is 9.45. The second-order valence-electron chi connectivity index (χ2n) is 7.12. The molecule has 0 N–H and O–H groups in total. The molecule has 2 nitrogen and oxygen atoms in total. The van der Waals surface area contributed by atoms with Crippen LogP contribution in [0.1, 0.15) is 39.5 Å². The Morgan fingerprint density at radius 3 is 2.62 bits per heavy atom. The number of nitrogens with zero attached hydrogens (tertiary/aromatic N) is 1. The van der Waals surface area contributed by atoms with Crippen molar-refractivity contribution >= 4 is 45.7 Å². The van der Waals surface area contributed by atoms with E-state index in [2.05, 4.69) is 83.8 Å². The highest BCUT2D eigenvalue weighted by atomic mass is 127. The van der Waals surface area contributed by atoms with Crippen molar-refractivity contribution in [3.05, 3.63) is 46.0 Å². The maximum Gasteiger partial charge on any atom is 0.133 e. The van der Waals surface area contributed by atoms with Gasteiger partial charge in [-0.1, -0.05) is 44.9 Å². The first-order valence-corrected chi connectivity index (χ1v) is 11.5. The van der Waals surface area contributed by atoms with Crippen molar-refractivity contribution in [2.75, 3.05) is 24.3 Å². The summed E-state index contributed by atoms with van der Waals surface area (Å²) in [5, 5.41) is 0. The summed E-state index contributed by atoms with van der Waals surface area (Å²) >= 11 is 4.39. The van der Waals surface area contributed by atoms with Crippen molar-refractivity contribution in [1.29, 1.82) is 0 Å². The summed E-state index contributed by atoms with van der Waals surface area (Å²) in [4.78, 5) is 3.87. The lowest BCUT2D eigenvalue weighted by molar-refractivity contribution is 0.295. The summed E-state index contributed by atoms with van der Waals surface area (Å²) in [5.41, 5.74) is 2.94. The Labute approximate surface area is 175 Å². The number of methoxy groups -OCH3 is 1. The standard InChI is InChI=1S/C22H28INOS/c1-4-6-12-22(5-2)15-24(17-10-8-7-9-11-17)19-13-18(23)20(25-3)14-21(19)26-16-22/h7-11,13-14H,4-6,12,15-16H2,1-3H3. The third-order valence-corrected chi connectivity index (χ3v) is 7.67. The molecule has 1 heterocycles. The van der Waals surface area contributed by atoms with E-state index in [0.717, 1.165) is 12.3 Å². The molecule has 1 aliphatic rings. The summed E-state index contributed by atoms with van der Waals surface area (Å²) in [6, 6.07) is 15.4. The fourth-order valence-corrected chi connectivity index (χ4v) is 5.72. The Kier molecular flexibility index (Phi) is 6.78. The Morgan fingerprint density at radius 2 is 1.96 bits per heavy atom. The number of thioether (sulfide) groups is 1. The molecule has 0 bridgehead atoms. The van der Waals surface area contributed by atoms with Crippen LogP contribution < -0.4 is 9.64 Å². The van der Waals surface area contributed by atoms with Crippen LogP contribution in [0.4, 0.5) is 11.4 Å². The fraction of sp³-hybridized carbons (Fsp3) is 0.455. The topological polar surface area (TPSA) is 12.5 Å². The van der Waals surface area contributed by atoms with Crippen LogP contribution >= 0.6 is 34.4 Å². The third kappa shape index (κ3) is 4.16. The number of anilines is 2. The largest absolute Gasteiger partial charge is 0.496 e. The number of halogens is 1. The highest BCUT2D eigenvalue weighted by molar-refractivity contribution is 14.1. The molecule has 0 aromatic heterocycles. The fourth-order valence-electron chi connectivity index (χ4n) is 3.64. The predicted octanol–water partition coefficient (Wildman–Crippen LogP) is 7.13. The first kappa shape index (κ1) is 19.9. The Hall–Kier alpha value is -0.880. The summed E-state index contributed by atoms with van der Waals surface area (Å²) in [6.45, 7) is 5.74. The third-order valence-electron chi connectivity index (χ3n) is 5.43. The molecule has 1 unspecified atom stereocenters. The van der Waals surface area contributed by atoms with Crippen LogP contribution in [0.2, 0.25) is 0 Å². The molecule has 4 heteroatoms. The van der Waals surface area contributed by atoms with Gasteiger partial charge in [0, 0.05) is 22.9 Å². The van der Waals surface area contributed by atoms with Gasteiger partial charge < -0.3 is 9.64 Å². The maximum absolute atomic E-state index is 5.60. The van der Waals surface area contributed by atoms with Gasteiger partial charge in [-0.25, -0.2) is 0 Å². The minimum atomic E-state index is 0.341. The number of benzene rings is 2. The summed E-state index contributed by atoms with van der Waals surface area (Å²) in [5.74, 6) is 2.14. The van der Waals surface area contributed by atoms with E-state index in [1.54, 1.807) is 7.11 Å². The van der Waals surface area contributed by atoms with Crippen LogP contribution in [0.15, 0.2) is 47.4 Å². The number of rotatable bonds is 6. The number of hydrogen-bond donors (Lipinski definition) is 0. The van der Waals surface area contributed by atoms with Gasteiger partial charge in [-0.3, -0.25) is 0 Å². The minimum absolute atomic E-state index is 0.341. The lowest BCUT2D eigenvalue weighted by atomic mass is 9.81. The number of para-hydroxylation sites is 1. The van der Waals surface area contributed by atoms with Gasteiger partial charge in [0.15, 0.2) is 0 Å². The summed E-state index contributed by atoms with van der Waals surface area (Å²) in [7, 11) is 1.76. The Balaban J connectivity index is 2.09. The van der Waals surface area contributed by atoms with Crippen molar-refractivity contribution in [3.8, 4) is 5.75 Å². The molecule has 1 aliphatic heterocycles. The average molecular weight is 481 g/mol. The van der Waals surface area contributed by atoms with E-state index in [9.17, 15) is 0 Å². The van der Waals surface area contributed by atoms with E-state index in [1.165, 1.54) is 51.3 Å². The molecule has 2 aromatic carbocycles. The quantitative estimate of drug-likeness (QED) is 0.408. The zero-order valence-corrected chi connectivity index (χ0v) is 18.9. The van der Waals surface area contributed by atoms with E-state index in [1.807, 2.05) is 11.8 Å². The summed E-state index contributed by atoms with van der Waals surface area (Å²) in [6.07, 6.45) is 5.06. The van der Waals surface area contributed by atoms with Crippen LogP contribution in [0.3, 0.4) is 0 Å². The van der Waals surface area contributed by atoms with Crippen LogP contribution in [-0.2, 0) is 0 Å². The second-order valence-corrected chi connectivity index (χ2v) is 9.30. The number of ether oxygens (including phenoxy) is 1. The second kappa shape index (κ2) is 8.87. The normalized spacial score (nSPS) is 19.8. The molecule has 140 valence electrons. The zero-order valence-electron chi connectivity index (χ0n) is 15.9. The van der Waals surface area contributed by atoms with Gasteiger partial charge in [-0.15, -0.1) is 11.8 Å². The maximum atomic E-state index is 5.60. The molecule has 0 saturated carbocycles. The smallest absolute Gasteiger partial charge is 0.133 e.